The lowest BCUT2D eigenvalue weighted by atomic mass is 10.0. The first-order valence-corrected chi connectivity index (χ1v) is 8.60. The highest BCUT2D eigenvalue weighted by molar-refractivity contribution is 5.21. The molecular formula is C20H38. The van der Waals surface area contributed by atoms with Crippen LogP contribution in [-0.2, 0) is 6.42 Å². The van der Waals surface area contributed by atoms with E-state index in [4.69, 9.17) is 0 Å². The lowest BCUT2D eigenvalue weighted by molar-refractivity contribution is 0.480. The number of benzene rings is 1. The Morgan fingerprint density at radius 3 is 1.70 bits per heavy atom. The Bertz CT molecular complexity index is 282. The summed E-state index contributed by atoms with van der Waals surface area (Å²) >= 11 is 0. The fourth-order valence-corrected chi connectivity index (χ4v) is 2.06. The molecule has 0 aliphatic carbocycles. The van der Waals surface area contributed by atoms with Crippen LogP contribution in [0.4, 0.5) is 0 Å². The van der Waals surface area contributed by atoms with Gasteiger partial charge in [0, 0.05) is 0 Å². The first kappa shape index (κ1) is 21.5. The molecule has 1 aromatic rings. The molecular weight excluding hydrogens is 240 g/mol. The molecule has 0 aliphatic heterocycles. The van der Waals surface area contributed by atoms with Crippen molar-refractivity contribution in [3.05, 3.63) is 35.4 Å². The van der Waals surface area contributed by atoms with Crippen LogP contribution in [0.5, 0.6) is 0 Å². The van der Waals surface area contributed by atoms with Gasteiger partial charge < -0.3 is 0 Å². The first-order valence-electron chi connectivity index (χ1n) is 8.60. The van der Waals surface area contributed by atoms with Gasteiger partial charge in [-0.05, 0) is 24.8 Å². The largest absolute Gasteiger partial charge is 0.0656 e. The summed E-state index contributed by atoms with van der Waals surface area (Å²) in [6, 6.07) is 8.61. The van der Waals surface area contributed by atoms with Gasteiger partial charge in [0.15, 0.2) is 0 Å². The molecule has 20 heavy (non-hydrogen) atoms. The van der Waals surface area contributed by atoms with Gasteiger partial charge in [-0.15, -0.1) is 0 Å². The van der Waals surface area contributed by atoms with Crippen molar-refractivity contribution in [2.75, 3.05) is 0 Å². The van der Waals surface area contributed by atoms with Crippen LogP contribution in [0, 0.1) is 12.8 Å². The summed E-state index contributed by atoms with van der Waals surface area (Å²) in [4.78, 5) is 0. The quantitative estimate of drug-likeness (QED) is 0.534. The molecule has 0 nitrogen and oxygen atoms in total. The van der Waals surface area contributed by atoms with Crippen LogP contribution in [0.25, 0.3) is 0 Å². The van der Waals surface area contributed by atoms with E-state index in [2.05, 4.69) is 72.7 Å². The number of rotatable bonds is 5. The SMILES string of the molecule is CCC.CCCC(C)CCC.CCc1cccc(C)c1. The van der Waals surface area contributed by atoms with Crippen molar-refractivity contribution < 1.29 is 0 Å². The van der Waals surface area contributed by atoms with E-state index >= 15 is 0 Å². The molecule has 0 aliphatic rings. The van der Waals surface area contributed by atoms with Gasteiger partial charge >= 0.3 is 0 Å². The summed E-state index contributed by atoms with van der Waals surface area (Å²) in [5.74, 6) is 0.963. The second-order valence-corrected chi connectivity index (χ2v) is 5.73. The molecule has 0 fully saturated rings. The summed E-state index contributed by atoms with van der Waals surface area (Å²) in [6.45, 7) is 15.4. The van der Waals surface area contributed by atoms with Crippen molar-refractivity contribution in [2.24, 2.45) is 5.92 Å². The summed E-state index contributed by atoms with van der Waals surface area (Å²) in [5, 5.41) is 0. The molecule has 0 N–H and O–H groups in total. The van der Waals surface area contributed by atoms with Crippen LogP contribution >= 0.6 is 0 Å². The molecule has 0 bridgehead atoms. The van der Waals surface area contributed by atoms with Crippen LogP contribution in [0.15, 0.2) is 24.3 Å². The van der Waals surface area contributed by atoms with Gasteiger partial charge in [0.1, 0.15) is 0 Å². The van der Waals surface area contributed by atoms with Gasteiger partial charge in [-0.2, -0.15) is 0 Å². The number of hydrogen-bond donors (Lipinski definition) is 0. The molecule has 1 rings (SSSR count). The van der Waals surface area contributed by atoms with Crippen LogP contribution in [0.2, 0.25) is 0 Å². The highest BCUT2D eigenvalue weighted by Crippen LogP contribution is 2.10. The number of hydrogen-bond acceptors (Lipinski definition) is 0. The molecule has 0 radical (unpaired) electrons. The van der Waals surface area contributed by atoms with Gasteiger partial charge in [-0.3, -0.25) is 0 Å². The van der Waals surface area contributed by atoms with Crippen molar-refractivity contribution in [3.63, 3.8) is 0 Å². The zero-order valence-electron chi connectivity index (χ0n) is 15.1. The van der Waals surface area contributed by atoms with Crippen molar-refractivity contribution in [1.29, 1.82) is 0 Å². The highest BCUT2D eigenvalue weighted by atomic mass is 14.0. The van der Waals surface area contributed by atoms with Crippen LogP contribution < -0.4 is 0 Å². The third kappa shape index (κ3) is 15.3. The Kier molecular flexibility index (Phi) is 17.5. The molecule has 0 aromatic heterocycles. The van der Waals surface area contributed by atoms with Crippen molar-refractivity contribution in [1.82, 2.24) is 0 Å². The maximum Gasteiger partial charge on any atom is -0.0307 e. The van der Waals surface area contributed by atoms with Crippen LogP contribution in [0.3, 0.4) is 0 Å². The summed E-state index contributed by atoms with van der Waals surface area (Å²) in [7, 11) is 0. The zero-order chi connectivity index (χ0) is 15.8. The van der Waals surface area contributed by atoms with E-state index in [1.807, 2.05) is 0 Å². The van der Waals surface area contributed by atoms with Gasteiger partial charge in [-0.1, -0.05) is 103 Å². The zero-order valence-corrected chi connectivity index (χ0v) is 15.1. The maximum atomic E-state index is 2.34. The lowest BCUT2D eigenvalue weighted by Crippen LogP contribution is -1.91. The normalized spacial score (nSPS) is 9.40. The smallest absolute Gasteiger partial charge is 0.0307 e. The van der Waals surface area contributed by atoms with E-state index in [0.717, 1.165) is 12.3 Å². The van der Waals surface area contributed by atoms with Crippen molar-refractivity contribution in [3.8, 4) is 0 Å². The highest BCUT2D eigenvalue weighted by Gasteiger charge is 1.95. The van der Waals surface area contributed by atoms with Gasteiger partial charge in [0.25, 0.3) is 0 Å². The van der Waals surface area contributed by atoms with Gasteiger partial charge in [0.05, 0.1) is 0 Å². The second-order valence-electron chi connectivity index (χ2n) is 5.73. The summed E-state index contributed by atoms with van der Waals surface area (Å²) in [6.07, 6.45) is 7.91. The minimum atomic E-state index is 0.963. The van der Waals surface area contributed by atoms with Gasteiger partial charge in [-0.25, -0.2) is 0 Å². The minimum absolute atomic E-state index is 0.963. The molecule has 0 spiro atoms. The molecule has 0 heteroatoms. The Balaban J connectivity index is 0. The third-order valence-corrected chi connectivity index (χ3v) is 3.05. The third-order valence-electron chi connectivity index (χ3n) is 3.05. The average Bonchev–Trinajstić information content (AvgIpc) is 2.41. The van der Waals surface area contributed by atoms with E-state index in [1.54, 1.807) is 0 Å². The number of aryl methyl sites for hydroxylation is 2. The Morgan fingerprint density at radius 2 is 1.40 bits per heavy atom. The monoisotopic (exact) mass is 278 g/mol. The molecule has 0 saturated carbocycles. The van der Waals surface area contributed by atoms with E-state index in [0.29, 0.717) is 0 Å². The summed E-state index contributed by atoms with van der Waals surface area (Å²) in [5.41, 5.74) is 2.78. The molecule has 0 heterocycles. The fourth-order valence-electron chi connectivity index (χ4n) is 2.06. The molecule has 1 aromatic carbocycles. The first-order chi connectivity index (χ1) is 9.55. The lowest BCUT2D eigenvalue weighted by Gasteiger charge is -2.05. The fraction of sp³-hybridized carbons (Fsp3) is 0.700. The van der Waals surface area contributed by atoms with E-state index in [9.17, 15) is 0 Å². The predicted octanol–water partition coefficient (Wildman–Crippen LogP) is 7.20. The molecule has 0 unspecified atom stereocenters. The van der Waals surface area contributed by atoms with E-state index < -0.39 is 0 Å². The second kappa shape index (κ2) is 16.3. The molecule has 0 saturated heterocycles. The topological polar surface area (TPSA) is 0 Å². The van der Waals surface area contributed by atoms with E-state index in [-0.39, 0.29) is 0 Å². The Hall–Kier alpha value is -0.780. The predicted molar refractivity (Wildman–Crippen MR) is 95.5 cm³/mol. The van der Waals surface area contributed by atoms with Crippen molar-refractivity contribution >= 4 is 0 Å². The minimum Gasteiger partial charge on any atom is -0.0656 e. The standard InChI is InChI=1S/C9H12.C8H18.C3H8/c1-3-9-6-4-5-8(2)7-9;1-4-6-8(3)7-5-2;1-3-2/h4-7H,3H2,1-2H3;8H,4-7H2,1-3H3;3H2,1-2H3. The average molecular weight is 279 g/mol. The Morgan fingerprint density at radius 1 is 0.900 bits per heavy atom. The molecule has 0 amide bonds. The molecule has 118 valence electrons. The van der Waals surface area contributed by atoms with Crippen molar-refractivity contribution in [2.45, 2.75) is 87.0 Å². The van der Waals surface area contributed by atoms with Gasteiger partial charge in [0.2, 0.25) is 0 Å². The maximum absolute atomic E-state index is 2.34. The van der Waals surface area contributed by atoms with Crippen LogP contribution in [-0.4, -0.2) is 0 Å². The van der Waals surface area contributed by atoms with Crippen LogP contribution in [0.1, 0.15) is 84.8 Å². The van der Waals surface area contributed by atoms with E-state index in [1.165, 1.54) is 43.2 Å². The summed E-state index contributed by atoms with van der Waals surface area (Å²) < 4.78 is 0. The molecule has 0 atom stereocenters. The Labute approximate surface area is 129 Å².